The average Bonchev–Trinajstić information content (AvgIpc) is 2.69. The molecule has 126 valence electrons. The first-order valence-corrected chi connectivity index (χ1v) is 8.23. The lowest BCUT2D eigenvalue weighted by Crippen LogP contribution is -2.25. The molecule has 4 aromatic rings. The number of carbonyl (C=O) groups is 1. The van der Waals surface area contributed by atoms with Gasteiger partial charge in [-0.3, -0.25) is 19.1 Å². The van der Waals surface area contributed by atoms with E-state index in [2.05, 4.69) is 9.97 Å². The van der Waals surface area contributed by atoms with E-state index in [1.807, 2.05) is 36.4 Å². The van der Waals surface area contributed by atoms with Crippen molar-refractivity contribution < 1.29 is 4.79 Å². The first-order chi connectivity index (χ1) is 12.7. The van der Waals surface area contributed by atoms with Crippen LogP contribution in [0.4, 0.5) is 0 Å². The fraction of sp³-hybridized carbons (Fsp3) is 0.0476. The van der Waals surface area contributed by atoms with E-state index >= 15 is 0 Å². The van der Waals surface area contributed by atoms with Crippen LogP contribution in [-0.4, -0.2) is 20.3 Å². The molecule has 26 heavy (non-hydrogen) atoms. The van der Waals surface area contributed by atoms with Gasteiger partial charge in [0.25, 0.3) is 5.56 Å². The van der Waals surface area contributed by atoms with Crippen molar-refractivity contribution in [3.63, 3.8) is 0 Å². The second-order valence-corrected chi connectivity index (χ2v) is 5.86. The van der Waals surface area contributed by atoms with Crippen molar-refractivity contribution in [2.75, 3.05) is 0 Å². The van der Waals surface area contributed by atoms with Crippen LogP contribution in [0.5, 0.6) is 0 Å². The van der Waals surface area contributed by atoms with Gasteiger partial charge in [-0.15, -0.1) is 0 Å². The minimum Gasteiger partial charge on any atom is -0.294 e. The number of pyridine rings is 1. The summed E-state index contributed by atoms with van der Waals surface area (Å²) in [7, 11) is 0. The van der Waals surface area contributed by atoms with Crippen molar-refractivity contribution >= 4 is 16.7 Å². The van der Waals surface area contributed by atoms with E-state index in [-0.39, 0.29) is 17.8 Å². The van der Waals surface area contributed by atoms with Gasteiger partial charge >= 0.3 is 0 Å². The summed E-state index contributed by atoms with van der Waals surface area (Å²) >= 11 is 0. The lowest BCUT2D eigenvalue weighted by molar-refractivity contribution is 0.0990. The van der Waals surface area contributed by atoms with Gasteiger partial charge in [-0.1, -0.05) is 30.3 Å². The number of fused-ring (bicyclic) bond motifs is 1. The van der Waals surface area contributed by atoms with Gasteiger partial charge in [0.2, 0.25) is 0 Å². The number of ketones is 1. The Morgan fingerprint density at radius 3 is 2.46 bits per heavy atom. The van der Waals surface area contributed by atoms with Crippen molar-refractivity contribution in [1.29, 1.82) is 0 Å². The van der Waals surface area contributed by atoms with E-state index in [1.54, 1.807) is 36.5 Å². The first kappa shape index (κ1) is 15.9. The van der Waals surface area contributed by atoms with Gasteiger partial charge in [-0.25, -0.2) is 4.98 Å². The Morgan fingerprint density at radius 2 is 1.69 bits per heavy atom. The van der Waals surface area contributed by atoms with Crippen molar-refractivity contribution in [3.8, 4) is 5.69 Å². The number of hydrogen-bond acceptors (Lipinski definition) is 4. The molecule has 0 saturated heterocycles. The Hall–Kier alpha value is -3.60. The molecule has 5 nitrogen and oxygen atoms in total. The first-order valence-electron chi connectivity index (χ1n) is 8.23. The lowest BCUT2D eigenvalue weighted by atomic mass is 10.1. The maximum absolute atomic E-state index is 13.1. The number of hydrogen-bond donors (Lipinski definition) is 0. The molecule has 5 heteroatoms. The monoisotopic (exact) mass is 341 g/mol. The predicted octanol–water partition coefficient (Wildman–Crippen LogP) is 3.21. The third-order valence-corrected chi connectivity index (χ3v) is 4.16. The van der Waals surface area contributed by atoms with Gasteiger partial charge in [0.15, 0.2) is 5.78 Å². The molecule has 0 aliphatic carbocycles. The van der Waals surface area contributed by atoms with Crippen LogP contribution in [0.2, 0.25) is 0 Å². The zero-order valence-corrected chi connectivity index (χ0v) is 13.9. The molecular formula is C21H15N3O2. The van der Waals surface area contributed by atoms with Gasteiger partial charge in [0.1, 0.15) is 5.82 Å². The van der Waals surface area contributed by atoms with Crippen molar-refractivity contribution in [2.45, 2.75) is 6.42 Å². The van der Waals surface area contributed by atoms with Crippen LogP contribution in [-0.2, 0) is 6.42 Å². The molecule has 0 aliphatic rings. The number of rotatable bonds is 4. The summed E-state index contributed by atoms with van der Waals surface area (Å²) in [4.78, 5) is 34.3. The van der Waals surface area contributed by atoms with Crippen LogP contribution in [0.25, 0.3) is 16.6 Å². The van der Waals surface area contributed by atoms with Crippen LogP contribution in [0, 0.1) is 0 Å². The second kappa shape index (κ2) is 6.72. The number of benzene rings is 2. The minimum atomic E-state index is -0.184. The van der Waals surface area contributed by atoms with E-state index in [0.29, 0.717) is 28.0 Å². The van der Waals surface area contributed by atoms with Crippen molar-refractivity contribution in [3.05, 3.63) is 101 Å². The Bertz CT molecular complexity index is 1140. The zero-order chi connectivity index (χ0) is 17.9. The van der Waals surface area contributed by atoms with Gasteiger partial charge in [-0.2, -0.15) is 0 Å². The normalized spacial score (nSPS) is 10.8. The third kappa shape index (κ3) is 2.91. The Morgan fingerprint density at radius 1 is 0.923 bits per heavy atom. The smallest absolute Gasteiger partial charge is 0.265 e. The zero-order valence-electron chi connectivity index (χ0n) is 13.9. The number of aromatic nitrogens is 3. The lowest BCUT2D eigenvalue weighted by Gasteiger charge is -2.13. The molecule has 2 heterocycles. The van der Waals surface area contributed by atoms with E-state index in [1.165, 1.54) is 10.8 Å². The van der Waals surface area contributed by atoms with Crippen LogP contribution >= 0.6 is 0 Å². The molecule has 0 unspecified atom stereocenters. The Kier molecular flexibility index (Phi) is 4.11. The molecule has 0 atom stereocenters. The Labute approximate surface area is 149 Å². The fourth-order valence-corrected chi connectivity index (χ4v) is 2.91. The largest absolute Gasteiger partial charge is 0.294 e. The Balaban J connectivity index is 1.90. The molecule has 0 amide bonds. The summed E-state index contributed by atoms with van der Waals surface area (Å²) in [6, 6.07) is 19.8. The van der Waals surface area contributed by atoms with E-state index in [4.69, 9.17) is 0 Å². The van der Waals surface area contributed by atoms with Gasteiger partial charge in [0.05, 0.1) is 23.0 Å². The van der Waals surface area contributed by atoms with E-state index < -0.39 is 0 Å². The number of nitrogens with zero attached hydrogens (tertiary/aromatic N) is 3. The van der Waals surface area contributed by atoms with Crippen LogP contribution in [0.1, 0.15) is 16.2 Å². The van der Waals surface area contributed by atoms with Crippen molar-refractivity contribution in [2.24, 2.45) is 0 Å². The number of Topliss-reactive ketones (excluding diaryl/α,β-unsaturated/α-hetero) is 1. The average molecular weight is 341 g/mol. The van der Waals surface area contributed by atoms with Gasteiger partial charge < -0.3 is 0 Å². The van der Waals surface area contributed by atoms with Crippen LogP contribution in [0.3, 0.4) is 0 Å². The van der Waals surface area contributed by atoms with Crippen LogP contribution < -0.4 is 5.56 Å². The SMILES string of the molecule is O=C(Cc1nc2ccccc2c(=O)n1-c1ccccc1)c1cccnc1. The summed E-state index contributed by atoms with van der Waals surface area (Å²) in [5.41, 5.74) is 1.58. The summed E-state index contributed by atoms with van der Waals surface area (Å²) in [6.07, 6.45) is 3.15. The highest BCUT2D eigenvalue weighted by atomic mass is 16.1. The standard InChI is InChI=1S/C21H15N3O2/c25-19(15-7-6-12-22-14-15)13-20-23-18-11-5-4-10-17(18)21(26)24(20)16-8-2-1-3-9-16/h1-12,14H,13H2. The van der Waals surface area contributed by atoms with Gasteiger partial charge in [-0.05, 0) is 36.4 Å². The van der Waals surface area contributed by atoms with Crippen molar-refractivity contribution in [1.82, 2.24) is 14.5 Å². The fourth-order valence-electron chi connectivity index (χ4n) is 2.91. The molecular weight excluding hydrogens is 326 g/mol. The summed E-state index contributed by atoms with van der Waals surface area (Å²) in [5, 5.41) is 0.522. The minimum absolute atomic E-state index is 0.0145. The molecule has 2 aromatic heterocycles. The molecule has 2 aromatic carbocycles. The summed E-state index contributed by atoms with van der Waals surface area (Å²) in [6.45, 7) is 0. The number of para-hydroxylation sites is 2. The third-order valence-electron chi connectivity index (χ3n) is 4.16. The summed E-state index contributed by atoms with van der Waals surface area (Å²) in [5.74, 6) is 0.277. The topological polar surface area (TPSA) is 64.8 Å². The second-order valence-electron chi connectivity index (χ2n) is 5.86. The maximum atomic E-state index is 13.1. The molecule has 0 bridgehead atoms. The van der Waals surface area contributed by atoms with Gasteiger partial charge in [0, 0.05) is 18.0 Å². The highest BCUT2D eigenvalue weighted by Crippen LogP contribution is 2.14. The highest BCUT2D eigenvalue weighted by Gasteiger charge is 2.16. The summed E-state index contributed by atoms with van der Waals surface area (Å²) < 4.78 is 1.51. The number of carbonyl (C=O) groups excluding carboxylic acids is 1. The molecule has 0 aliphatic heterocycles. The molecule has 0 radical (unpaired) electrons. The molecule has 0 saturated carbocycles. The quantitative estimate of drug-likeness (QED) is 0.535. The predicted molar refractivity (Wildman–Crippen MR) is 99.6 cm³/mol. The van der Waals surface area contributed by atoms with E-state index in [9.17, 15) is 9.59 Å². The van der Waals surface area contributed by atoms with Crippen LogP contribution in [0.15, 0.2) is 83.9 Å². The molecule has 0 fully saturated rings. The maximum Gasteiger partial charge on any atom is 0.265 e. The van der Waals surface area contributed by atoms with E-state index in [0.717, 1.165) is 0 Å². The molecule has 0 N–H and O–H groups in total. The molecule has 0 spiro atoms. The highest BCUT2D eigenvalue weighted by molar-refractivity contribution is 5.97. The molecule has 4 rings (SSSR count).